The Kier molecular flexibility index (Phi) is 4.75. The summed E-state index contributed by atoms with van der Waals surface area (Å²) in [4.78, 5) is 24.9. The maximum absolute atomic E-state index is 11.5. The molecule has 0 radical (unpaired) electrons. The predicted molar refractivity (Wildman–Crippen MR) is 109 cm³/mol. The number of nitrogens with zero attached hydrogens (tertiary/aromatic N) is 4. The van der Waals surface area contributed by atoms with E-state index in [1.54, 1.807) is 6.92 Å². The lowest BCUT2D eigenvalue weighted by molar-refractivity contribution is -0.129. The summed E-state index contributed by atoms with van der Waals surface area (Å²) < 4.78 is 0. The first-order valence-electron chi connectivity index (χ1n) is 9.42. The number of carbonyl (C=O) groups excluding carboxylic acids is 1. The maximum atomic E-state index is 11.5. The second-order valence-electron chi connectivity index (χ2n) is 7.15. The Labute approximate surface area is 159 Å². The molecule has 0 atom stereocenters. The average Bonchev–Trinajstić information content (AvgIpc) is 2.73. The van der Waals surface area contributed by atoms with Crippen LogP contribution in [0.1, 0.15) is 19.8 Å². The summed E-state index contributed by atoms with van der Waals surface area (Å²) >= 11 is 0. The summed E-state index contributed by atoms with van der Waals surface area (Å²) in [6, 6.07) is 17.1. The summed E-state index contributed by atoms with van der Waals surface area (Å²) in [6.07, 6.45) is 3.72. The third-order valence-electron chi connectivity index (χ3n) is 5.46. The highest BCUT2D eigenvalue weighted by Gasteiger charge is 2.25. The molecule has 1 aliphatic heterocycles. The fourth-order valence-corrected chi connectivity index (χ4v) is 3.76. The highest BCUT2D eigenvalue weighted by Crippen LogP contribution is 2.25. The second-order valence-corrected chi connectivity index (χ2v) is 7.15. The highest BCUT2D eigenvalue weighted by atomic mass is 16.2. The van der Waals surface area contributed by atoms with Crippen LogP contribution in [0.2, 0.25) is 0 Å². The number of fused-ring (bicyclic) bond motifs is 1. The van der Waals surface area contributed by atoms with Gasteiger partial charge in [0.2, 0.25) is 11.9 Å². The van der Waals surface area contributed by atoms with Gasteiger partial charge in [-0.1, -0.05) is 36.4 Å². The topological polar surface area (TPSA) is 49.3 Å². The summed E-state index contributed by atoms with van der Waals surface area (Å²) in [5, 5.41) is 2.44. The van der Waals surface area contributed by atoms with Crippen molar-refractivity contribution in [3.63, 3.8) is 0 Å². The number of carbonyl (C=O) groups is 1. The van der Waals surface area contributed by atoms with Gasteiger partial charge in [-0.05, 0) is 35.7 Å². The van der Waals surface area contributed by atoms with Crippen LogP contribution in [-0.2, 0) is 4.79 Å². The fourth-order valence-electron chi connectivity index (χ4n) is 3.76. The number of anilines is 1. The molecular weight excluding hydrogens is 336 g/mol. The minimum absolute atomic E-state index is 0.158. The van der Waals surface area contributed by atoms with Crippen molar-refractivity contribution in [3.05, 3.63) is 54.7 Å². The van der Waals surface area contributed by atoms with E-state index in [2.05, 4.69) is 52.3 Å². The molecule has 27 heavy (non-hydrogen) atoms. The zero-order valence-electron chi connectivity index (χ0n) is 15.8. The van der Waals surface area contributed by atoms with E-state index in [-0.39, 0.29) is 5.91 Å². The Morgan fingerprint density at radius 3 is 2.56 bits per heavy atom. The molecule has 2 aromatic carbocycles. The van der Waals surface area contributed by atoms with Crippen LogP contribution in [0.4, 0.5) is 5.95 Å². The molecule has 1 amide bonds. The molecule has 0 unspecified atom stereocenters. The van der Waals surface area contributed by atoms with Gasteiger partial charge in [0.15, 0.2) is 0 Å². The van der Waals surface area contributed by atoms with Gasteiger partial charge in [-0.3, -0.25) is 4.79 Å². The molecule has 1 aliphatic rings. The van der Waals surface area contributed by atoms with Crippen molar-refractivity contribution >= 4 is 22.6 Å². The smallest absolute Gasteiger partial charge is 0.225 e. The predicted octanol–water partition coefficient (Wildman–Crippen LogP) is 3.74. The van der Waals surface area contributed by atoms with Gasteiger partial charge >= 0.3 is 0 Å². The van der Waals surface area contributed by atoms with Crippen LogP contribution in [0.5, 0.6) is 0 Å². The van der Waals surface area contributed by atoms with E-state index in [1.807, 2.05) is 24.2 Å². The molecule has 1 aromatic heterocycles. The van der Waals surface area contributed by atoms with Crippen LogP contribution >= 0.6 is 0 Å². The van der Waals surface area contributed by atoms with Crippen LogP contribution in [0.25, 0.3) is 22.0 Å². The molecule has 3 aromatic rings. The zero-order valence-corrected chi connectivity index (χ0v) is 15.8. The number of hydrogen-bond acceptors (Lipinski definition) is 4. The standard InChI is InChI=1S/C22H24N4O/c1-16(27)26-13-10-20(11-14-26)25(2)22-23-12-9-21(24-22)19-8-7-17-5-3-4-6-18(17)15-19/h3-9,12,15,20H,10-11,13-14H2,1-2H3. The number of likely N-dealkylation sites (tertiary alicyclic amines) is 1. The number of aromatic nitrogens is 2. The second kappa shape index (κ2) is 7.35. The van der Waals surface area contributed by atoms with Crippen LogP contribution in [0.15, 0.2) is 54.7 Å². The zero-order chi connectivity index (χ0) is 18.8. The Morgan fingerprint density at radius 2 is 1.81 bits per heavy atom. The largest absolute Gasteiger partial charge is 0.343 e. The molecule has 1 saturated heterocycles. The first-order chi connectivity index (χ1) is 13.1. The van der Waals surface area contributed by atoms with E-state index in [0.29, 0.717) is 6.04 Å². The number of piperidine rings is 1. The van der Waals surface area contributed by atoms with Crippen molar-refractivity contribution in [2.45, 2.75) is 25.8 Å². The molecule has 0 N–H and O–H groups in total. The SMILES string of the molecule is CC(=O)N1CCC(N(C)c2nccc(-c3ccc4ccccc4c3)n2)CC1. The molecule has 5 nitrogen and oxygen atoms in total. The Balaban J connectivity index is 1.55. The number of amides is 1. The Hall–Kier alpha value is -2.95. The average molecular weight is 360 g/mol. The molecule has 4 rings (SSSR count). The van der Waals surface area contributed by atoms with Crippen LogP contribution in [0, 0.1) is 0 Å². The van der Waals surface area contributed by atoms with Crippen LogP contribution < -0.4 is 4.90 Å². The minimum Gasteiger partial charge on any atom is -0.343 e. The van der Waals surface area contributed by atoms with E-state index in [1.165, 1.54) is 10.8 Å². The van der Waals surface area contributed by atoms with Gasteiger partial charge in [0.05, 0.1) is 5.69 Å². The third-order valence-corrected chi connectivity index (χ3v) is 5.46. The molecular formula is C22H24N4O. The van der Waals surface area contributed by atoms with E-state index >= 15 is 0 Å². The van der Waals surface area contributed by atoms with Gasteiger partial charge in [-0.2, -0.15) is 0 Å². The monoisotopic (exact) mass is 360 g/mol. The molecule has 1 fully saturated rings. The van der Waals surface area contributed by atoms with Crippen LogP contribution in [0.3, 0.4) is 0 Å². The Bertz CT molecular complexity index is 963. The van der Waals surface area contributed by atoms with Crippen molar-refractivity contribution in [2.24, 2.45) is 0 Å². The van der Waals surface area contributed by atoms with E-state index in [9.17, 15) is 4.79 Å². The van der Waals surface area contributed by atoms with Crippen molar-refractivity contribution in [1.82, 2.24) is 14.9 Å². The minimum atomic E-state index is 0.158. The van der Waals surface area contributed by atoms with Crippen molar-refractivity contribution in [1.29, 1.82) is 0 Å². The lowest BCUT2D eigenvalue weighted by atomic mass is 10.0. The van der Waals surface area contributed by atoms with Crippen molar-refractivity contribution < 1.29 is 4.79 Å². The lowest BCUT2D eigenvalue weighted by Crippen LogP contribution is -2.45. The van der Waals surface area contributed by atoms with Gasteiger partial charge in [-0.15, -0.1) is 0 Å². The maximum Gasteiger partial charge on any atom is 0.225 e. The molecule has 0 bridgehead atoms. The highest BCUT2D eigenvalue weighted by molar-refractivity contribution is 5.86. The molecule has 0 aliphatic carbocycles. The summed E-state index contributed by atoms with van der Waals surface area (Å²) in [5.74, 6) is 0.896. The number of rotatable bonds is 3. The van der Waals surface area contributed by atoms with Gasteiger partial charge in [0, 0.05) is 44.9 Å². The van der Waals surface area contributed by atoms with E-state index < -0.39 is 0 Å². The molecule has 0 saturated carbocycles. The summed E-state index contributed by atoms with van der Waals surface area (Å²) in [5.41, 5.74) is 2.02. The molecule has 0 spiro atoms. The number of hydrogen-bond donors (Lipinski definition) is 0. The quantitative estimate of drug-likeness (QED) is 0.714. The summed E-state index contributed by atoms with van der Waals surface area (Å²) in [7, 11) is 2.05. The Morgan fingerprint density at radius 1 is 1.07 bits per heavy atom. The first-order valence-corrected chi connectivity index (χ1v) is 9.42. The van der Waals surface area contributed by atoms with Crippen molar-refractivity contribution in [2.75, 3.05) is 25.0 Å². The van der Waals surface area contributed by atoms with Gasteiger partial charge in [0.25, 0.3) is 0 Å². The summed E-state index contributed by atoms with van der Waals surface area (Å²) in [6.45, 7) is 3.24. The normalized spacial score (nSPS) is 15.1. The van der Waals surface area contributed by atoms with Gasteiger partial charge < -0.3 is 9.80 Å². The number of benzene rings is 2. The first kappa shape index (κ1) is 17.5. The lowest BCUT2D eigenvalue weighted by Gasteiger charge is -2.36. The van der Waals surface area contributed by atoms with Crippen molar-refractivity contribution in [3.8, 4) is 11.3 Å². The fraction of sp³-hybridized carbons (Fsp3) is 0.318. The van der Waals surface area contributed by atoms with Gasteiger partial charge in [0.1, 0.15) is 0 Å². The molecule has 2 heterocycles. The molecule has 138 valence electrons. The molecule has 5 heteroatoms. The van der Waals surface area contributed by atoms with E-state index in [0.717, 1.165) is 43.1 Å². The van der Waals surface area contributed by atoms with Gasteiger partial charge in [-0.25, -0.2) is 9.97 Å². The third kappa shape index (κ3) is 3.63. The van der Waals surface area contributed by atoms with E-state index in [4.69, 9.17) is 4.98 Å². The van der Waals surface area contributed by atoms with Crippen LogP contribution in [-0.4, -0.2) is 47.0 Å².